The second-order valence-electron chi connectivity index (χ2n) is 4.11. The topological polar surface area (TPSA) is 56.5 Å². The lowest BCUT2D eigenvalue weighted by Gasteiger charge is -2.06. The molecule has 94 valence electrons. The van der Waals surface area contributed by atoms with Gasteiger partial charge in [0.25, 0.3) is 0 Å². The second kappa shape index (κ2) is 4.24. The lowest BCUT2D eigenvalue weighted by Crippen LogP contribution is -2.05. The molecule has 0 aliphatic rings. The van der Waals surface area contributed by atoms with Crippen LogP contribution >= 0.6 is 0 Å². The van der Waals surface area contributed by atoms with Crippen LogP contribution in [0.25, 0.3) is 21.7 Å². The van der Waals surface area contributed by atoms with Crippen molar-refractivity contribution in [1.29, 1.82) is 0 Å². The van der Waals surface area contributed by atoms with Gasteiger partial charge in [0.15, 0.2) is 0 Å². The maximum absolute atomic E-state index is 11.9. The Morgan fingerprint density at radius 2 is 1.79 bits per heavy atom. The Labute approximate surface area is 108 Å². The van der Waals surface area contributed by atoms with Gasteiger partial charge in [-0.05, 0) is 18.2 Å². The molecule has 0 aliphatic heterocycles. The van der Waals surface area contributed by atoms with Crippen LogP contribution in [0.1, 0.15) is 10.4 Å². The molecule has 0 amide bonds. The van der Waals surface area contributed by atoms with E-state index in [1.165, 1.54) is 7.11 Å². The van der Waals surface area contributed by atoms with E-state index >= 15 is 0 Å². The van der Waals surface area contributed by atoms with E-state index < -0.39 is 11.6 Å². The van der Waals surface area contributed by atoms with Gasteiger partial charge in [-0.15, -0.1) is 0 Å². The van der Waals surface area contributed by atoms with Crippen molar-refractivity contribution in [2.24, 2.45) is 0 Å². The molecule has 0 radical (unpaired) electrons. The Bertz CT molecular complexity index is 846. The van der Waals surface area contributed by atoms with Crippen molar-refractivity contribution in [3.8, 4) is 0 Å². The van der Waals surface area contributed by atoms with Crippen LogP contribution in [-0.4, -0.2) is 13.1 Å². The lowest BCUT2D eigenvalue weighted by molar-refractivity contribution is 0.0603. The van der Waals surface area contributed by atoms with Crippen molar-refractivity contribution < 1.29 is 13.9 Å². The molecule has 4 nitrogen and oxygen atoms in total. The first kappa shape index (κ1) is 11.5. The Morgan fingerprint density at radius 1 is 1.05 bits per heavy atom. The molecule has 0 fully saturated rings. The number of hydrogen-bond acceptors (Lipinski definition) is 4. The molecule has 0 unspecified atom stereocenters. The van der Waals surface area contributed by atoms with E-state index in [0.717, 1.165) is 0 Å². The largest absolute Gasteiger partial charge is 0.465 e. The normalized spacial score (nSPS) is 10.8. The van der Waals surface area contributed by atoms with Crippen LogP contribution in [0.3, 0.4) is 0 Å². The summed E-state index contributed by atoms with van der Waals surface area (Å²) in [4.78, 5) is 23.7. The van der Waals surface area contributed by atoms with Gasteiger partial charge in [-0.2, -0.15) is 0 Å². The van der Waals surface area contributed by atoms with E-state index in [1.807, 2.05) is 6.07 Å². The summed E-state index contributed by atoms with van der Waals surface area (Å²) in [6.45, 7) is 0. The molecule has 0 saturated heterocycles. The van der Waals surface area contributed by atoms with Crippen molar-refractivity contribution in [3.05, 3.63) is 58.4 Å². The Hall–Kier alpha value is -2.62. The predicted molar refractivity (Wildman–Crippen MR) is 71.3 cm³/mol. The van der Waals surface area contributed by atoms with Crippen molar-refractivity contribution in [2.45, 2.75) is 0 Å². The number of carbonyl (C=O) groups excluding carboxylic acids is 1. The van der Waals surface area contributed by atoms with E-state index in [2.05, 4.69) is 0 Å². The second-order valence-corrected chi connectivity index (χ2v) is 4.11. The maximum Gasteiger partial charge on any atom is 0.344 e. The van der Waals surface area contributed by atoms with Gasteiger partial charge in [0.2, 0.25) is 0 Å². The van der Waals surface area contributed by atoms with Gasteiger partial charge in [0, 0.05) is 10.8 Å². The first-order chi connectivity index (χ1) is 9.22. The number of hydrogen-bond donors (Lipinski definition) is 0. The molecule has 1 heterocycles. The van der Waals surface area contributed by atoms with Crippen LogP contribution in [0.2, 0.25) is 0 Å². The highest BCUT2D eigenvalue weighted by Gasteiger charge is 2.15. The number of rotatable bonds is 1. The van der Waals surface area contributed by atoms with Crippen LogP contribution in [0.5, 0.6) is 0 Å². The van der Waals surface area contributed by atoms with Gasteiger partial charge in [0.05, 0.1) is 18.1 Å². The molecule has 0 spiro atoms. The average Bonchev–Trinajstić information content (AvgIpc) is 2.46. The zero-order chi connectivity index (χ0) is 13.4. The van der Waals surface area contributed by atoms with E-state index in [-0.39, 0.29) is 0 Å². The molecule has 0 atom stereocenters. The monoisotopic (exact) mass is 254 g/mol. The predicted octanol–water partition coefficient (Wildman–Crippen LogP) is 2.73. The van der Waals surface area contributed by atoms with E-state index in [9.17, 15) is 9.59 Å². The summed E-state index contributed by atoms with van der Waals surface area (Å²) >= 11 is 0. The molecule has 4 heteroatoms. The summed E-state index contributed by atoms with van der Waals surface area (Å²) in [5.74, 6) is -0.454. The zero-order valence-electron chi connectivity index (χ0n) is 10.2. The third-order valence-corrected chi connectivity index (χ3v) is 3.05. The Balaban J connectivity index is 2.58. The maximum atomic E-state index is 11.9. The number of esters is 1. The lowest BCUT2D eigenvalue weighted by atomic mass is 10.0. The van der Waals surface area contributed by atoms with E-state index in [1.54, 1.807) is 36.4 Å². The van der Waals surface area contributed by atoms with Crippen LogP contribution in [0.15, 0.2) is 51.7 Å². The van der Waals surface area contributed by atoms with Crippen molar-refractivity contribution in [2.75, 3.05) is 7.11 Å². The van der Waals surface area contributed by atoms with Crippen LogP contribution in [-0.2, 0) is 4.74 Å². The first-order valence-electron chi connectivity index (χ1n) is 5.75. The molecule has 1 aromatic heterocycles. The van der Waals surface area contributed by atoms with Crippen molar-refractivity contribution >= 4 is 27.7 Å². The van der Waals surface area contributed by atoms with E-state index in [0.29, 0.717) is 27.3 Å². The molecule has 19 heavy (non-hydrogen) atoms. The van der Waals surface area contributed by atoms with E-state index in [4.69, 9.17) is 9.15 Å². The highest BCUT2D eigenvalue weighted by atomic mass is 16.5. The number of fused-ring (bicyclic) bond motifs is 3. The third kappa shape index (κ3) is 1.69. The van der Waals surface area contributed by atoms with Crippen LogP contribution in [0, 0.1) is 0 Å². The minimum atomic E-state index is -0.454. The fraction of sp³-hybridized carbons (Fsp3) is 0.0667. The van der Waals surface area contributed by atoms with Gasteiger partial charge in [-0.1, -0.05) is 24.3 Å². The molecule has 3 aromatic rings. The van der Waals surface area contributed by atoms with Gasteiger partial charge >= 0.3 is 11.6 Å². The highest BCUT2D eigenvalue weighted by Crippen LogP contribution is 2.26. The Kier molecular flexibility index (Phi) is 2.56. The number of benzene rings is 2. The smallest absolute Gasteiger partial charge is 0.344 e. The number of carbonyl (C=O) groups is 1. The summed E-state index contributed by atoms with van der Waals surface area (Å²) in [6.07, 6.45) is 0. The molecular formula is C15H10O4. The molecule has 3 rings (SSSR count). The van der Waals surface area contributed by atoms with Gasteiger partial charge in [0.1, 0.15) is 5.58 Å². The molecule has 0 saturated carbocycles. The fourth-order valence-electron chi connectivity index (χ4n) is 2.21. The average molecular weight is 254 g/mol. The number of methoxy groups -OCH3 is 1. The fourth-order valence-corrected chi connectivity index (χ4v) is 2.21. The van der Waals surface area contributed by atoms with Gasteiger partial charge in [-0.3, -0.25) is 0 Å². The summed E-state index contributed by atoms with van der Waals surface area (Å²) in [5, 5.41) is 1.74. The minimum Gasteiger partial charge on any atom is -0.465 e. The SMILES string of the molecule is COC(=O)c1cccc2oc(=O)c3ccccc3c12. The molecule has 0 bridgehead atoms. The molecule has 0 aliphatic carbocycles. The Morgan fingerprint density at radius 3 is 2.53 bits per heavy atom. The van der Waals surface area contributed by atoms with Gasteiger partial charge in [-0.25, -0.2) is 9.59 Å². The van der Waals surface area contributed by atoms with Crippen LogP contribution < -0.4 is 5.63 Å². The third-order valence-electron chi connectivity index (χ3n) is 3.05. The summed E-state index contributed by atoms with van der Waals surface area (Å²) in [7, 11) is 1.32. The minimum absolute atomic E-state index is 0.381. The standard InChI is InChI=1S/C15H10O4/c1-18-14(16)11-7-4-8-12-13(11)9-5-2-3-6-10(9)15(17)19-12/h2-8H,1H3. The quantitative estimate of drug-likeness (QED) is 0.380. The summed E-state index contributed by atoms with van der Waals surface area (Å²) < 4.78 is 10.0. The molecule has 0 N–H and O–H groups in total. The number of ether oxygens (including phenoxy) is 1. The van der Waals surface area contributed by atoms with Crippen molar-refractivity contribution in [1.82, 2.24) is 0 Å². The summed E-state index contributed by atoms with van der Waals surface area (Å²) in [6, 6.07) is 12.0. The van der Waals surface area contributed by atoms with Crippen LogP contribution in [0.4, 0.5) is 0 Å². The zero-order valence-corrected chi connectivity index (χ0v) is 10.2. The molecule has 2 aromatic carbocycles. The van der Waals surface area contributed by atoms with Gasteiger partial charge < -0.3 is 9.15 Å². The molecular weight excluding hydrogens is 244 g/mol. The highest BCUT2D eigenvalue weighted by molar-refractivity contribution is 6.14. The first-order valence-corrected chi connectivity index (χ1v) is 5.75. The van der Waals surface area contributed by atoms with Crippen molar-refractivity contribution in [3.63, 3.8) is 0 Å². The summed E-state index contributed by atoms with van der Waals surface area (Å²) in [5.41, 5.74) is 0.358.